The van der Waals surface area contributed by atoms with Gasteiger partial charge in [0, 0.05) is 26.0 Å². The van der Waals surface area contributed by atoms with Crippen molar-refractivity contribution in [1.29, 1.82) is 0 Å². The molecule has 1 saturated carbocycles. The van der Waals surface area contributed by atoms with E-state index in [0.717, 1.165) is 25.3 Å². The number of aryl methyl sites for hydroxylation is 1. The molecule has 4 nitrogen and oxygen atoms in total. The smallest absolute Gasteiger partial charge is 0.125 e. The molecule has 0 amide bonds. The Labute approximate surface area is 109 Å². The van der Waals surface area contributed by atoms with Gasteiger partial charge >= 0.3 is 0 Å². The molecule has 1 saturated heterocycles. The largest absolute Gasteiger partial charge is 0.375 e. The van der Waals surface area contributed by atoms with Crippen LogP contribution in [0.2, 0.25) is 0 Å². The molecule has 2 N–H and O–H groups in total. The third-order valence-electron chi connectivity index (χ3n) is 4.71. The molecule has 1 spiro atoms. The average molecular weight is 249 g/mol. The predicted molar refractivity (Wildman–Crippen MR) is 70.0 cm³/mol. The molecule has 0 bridgehead atoms. The van der Waals surface area contributed by atoms with Crippen molar-refractivity contribution in [2.24, 2.45) is 18.7 Å². The maximum atomic E-state index is 6.43. The summed E-state index contributed by atoms with van der Waals surface area (Å²) in [4.78, 5) is 4.40. The fourth-order valence-corrected chi connectivity index (χ4v) is 3.65. The van der Waals surface area contributed by atoms with Gasteiger partial charge in [-0.1, -0.05) is 12.8 Å². The summed E-state index contributed by atoms with van der Waals surface area (Å²) in [5, 5.41) is 0. The van der Waals surface area contributed by atoms with Crippen LogP contribution in [0.4, 0.5) is 0 Å². The highest BCUT2D eigenvalue weighted by Gasteiger charge is 2.42. The molecule has 1 aromatic heterocycles. The maximum absolute atomic E-state index is 6.43. The van der Waals surface area contributed by atoms with Gasteiger partial charge in [0.25, 0.3) is 0 Å². The van der Waals surface area contributed by atoms with Crippen molar-refractivity contribution >= 4 is 0 Å². The maximum Gasteiger partial charge on any atom is 0.125 e. The van der Waals surface area contributed by atoms with E-state index < -0.39 is 0 Å². The summed E-state index contributed by atoms with van der Waals surface area (Å²) in [5.41, 5.74) is 6.57. The van der Waals surface area contributed by atoms with Gasteiger partial charge < -0.3 is 15.0 Å². The molecule has 2 atom stereocenters. The molecule has 4 heteroatoms. The molecule has 100 valence electrons. The van der Waals surface area contributed by atoms with Crippen LogP contribution < -0.4 is 5.73 Å². The first-order valence-corrected chi connectivity index (χ1v) is 7.07. The second kappa shape index (κ2) is 4.67. The summed E-state index contributed by atoms with van der Waals surface area (Å²) in [7, 11) is 2.02. The Bertz CT molecular complexity index is 409. The zero-order chi connectivity index (χ0) is 12.6. The van der Waals surface area contributed by atoms with E-state index >= 15 is 0 Å². The van der Waals surface area contributed by atoms with E-state index in [1.807, 2.05) is 24.0 Å². The van der Waals surface area contributed by atoms with Gasteiger partial charge in [-0.25, -0.2) is 4.98 Å². The molecule has 1 aliphatic carbocycles. The Hall–Kier alpha value is -0.870. The van der Waals surface area contributed by atoms with Crippen LogP contribution in [0.3, 0.4) is 0 Å². The second-order valence-electron chi connectivity index (χ2n) is 5.91. The molecule has 2 heterocycles. The lowest BCUT2D eigenvalue weighted by molar-refractivity contribution is -0.0968. The van der Waals surface area contributed by atoms with E-state index in [0.29, 0.717) is 5.92 Å². The van der Waals surface area contributed by atoms with Crippen molar-refractivity contribution in [3.8, 4) is 0 Å². The van der Waals surface area contributed by atoms with E-state index in [2.05, 4.69) is 4.98 Å². The average Bonchev–Trinajstić information content (AvgIpc) is 2.98. The minimum Gasteiger partial charge on any atom is -0.375 e. The topological polar surface area (TPSA) is 53.1 Å². The summed E-state index contributed by atoms with van der Waals surface area (Å²) >= 11 is 0. The van der Waals surface area contributed by atoms with Crippen molar-refractivity contribution in [2.75, 3.05) is 6.61 Å². The van der Waals surface area contributed by atoms with Crippen molar-refractivity contribution < 1.29 is 4.74 Å². The first kappa shape index (κ1) is 12.2. The number of imidazole rings is 1. The standard InChI is InChI=1S/C14H23N3O/c1-17-8-7-16-13(17)12(15)11-4-9-18-14(10-11)5-2-3-6-14/h7-8,11-12H,2-6,9-10,15H2,1H3. The zero-order valence-electron chi connectivity index (χ0n) is 11.1. The van der Waals surface area contributed by atoms with Crippen LogP contribution in [0.1, 0.15) is 50.4 Å². The Balaban J connectivity index is 1.74. The molecule has 0 aromatic carbocycles. The summed E-state index contributed by atoms with van der Waals surface area (Å²) in [6.07, 6.45) is 11.0. The second-order valence-corrected chi connectivity index (χ2v) is 5.91. The molecule has 0 radical (unpaired) electrons. The zero-order valence-corrected chi connectivity index (χ0v) is 11.1. The lowest BCUT2D eigenvalue weighted by atomic mass is 9.80. The Morgan fingerprint density at radius 1 is 1.50 bits per heavy atom. The van der Waals surface area contributed by atoms with Gasteiger partial charge in [0.1, 0.15) is 5.82 Å². The van der Waals surface area contributed by atoms with Crippen LogP contribution in [0, 0.1) is 5.92 Å². The number of nitrogens with two attached hydrogens (primary N) is 1. The highest BCUT2D eigenvalue weighted by molar-refractivity contribution is 5.03. The minimum atomic E-state index is 0.0476. The number of rotatable bonds is 2. The van der Waals surface area contributed by atoms with Crippen molar-refractivity contribution in [3.05, 3.63) is 18.2 Å². The van der Waals surface area contributed by atoms with Crippen molar-refractivity contribution in [3.63, 3.8) is 0 Å². The van der Waals surface area contributed by atoms with Gasteiger partial charge in [-0.05, 0) is 31.6 Å². The Kier molecular flexibility index (Phi) is 3.16. The van der Waals surface area contributed by atoms with E-state index in [1.54, 1.807) is 0 Å². The predicted octanol–water partition coefficient (Wildman–Crippen LogP) is 2.16. The summed E-state index contributed by atoms with van der Waals surface area (Å²) < 4.78 is 8.11. The molecule has 3 rings (SSSR count). The van der Waals surface area contributed by atoms with Gasteiger partial charge in [0.05, 0.1) is 11.6 Å². The van der Waals surface area contributed by atoms with Gasteiger partial charge in [-0.2, -0.15) is 0 Å². The first-order chi connectivity index (χ1) is 8.70. The van der Waals surface area contributed by atoms with E-state index in [1.165, 1.54) is 25.7 Å². The highest BCUT2D eigenvalue weighted by atomic mass is 16.5. The fourth-order valence-electron chi connectivity index (χ4n) is 3.65. The number of hydrogen-bond donors (Lipinski definition) is 1. The molecule has 2 fully saturated rings. The SMILES string of the molecule is Cn1ccnc1C(N)C1CCOC2(CCCC2)C1. The summed E-state index contributed by atoms with van der Waals surface area (Å²) in [6.45, 7) is 0.864. The van der Waals surface area contributed by atoms with Crippen LogP contribution >= 0.6 is 0 Å². The number of hydrogen-bond acceptors (Lipinski definition) is 3. The number of nitrogens with zero attached hydrogens (tertiary/aromatic N) is 2. The van der Waals surface area contributed by atoms with Crippen LogP contribution in [0.25, 0.3) is 0 Å². The quantitative estimate of drug-likeness (QED) is 0.874. The van der Waals surface area contributed by atoms with Crippen molar-refractivity contribution in [1.82, 2.24) is 9.55 Å². The van der Waals surface area contributed by atoms with Gasteiger partial charge in [-0.15, -0.1) is 0 Å². The molecular formula is C14H23N3O. The minimum absolute atomic E-state index is 0.0476. The third kappa shape index (κ3) is 2.08. The van der Waals surface area contributed by atoms with E-state index in [4.69, 9.17) is 10.5 Å². The highest BCUT2D eigenvalue weighted by Crippen LogP contribution is 2.44. The Morgan fingerprint density at radius 3 is 2.94 bits per heavy atom. The van der Waals surface area contributed by atoms with Crippen molar-refractivity contribution in [2.45, 2.75) is 50.2 Å². The first-order valence-electron chi connectivity index (χ1n) is 7.07. The van der Waals surface area contributed by atoms with Gasteiger partial charge in [-0.3, -0.25) is 0 Å². The number of aromatic nitrogens is 2. The van der Waals surface area contributed by atoms with Crippen LogP contribution in [-0.2, 0) is 11.8 Å². The molecule has 1 aromatic rings. The monoisotopic (exact) mass is 249 g/mol. The molecule has 2 unspecified atom stereocenters. The Morgan fingerprint density at radius 2 is 2.28 bits per heavy atom. The van der Waals surface area contributed by atoms with Gasteiger partial charge in [0.2, 0.25) is 0 Å². The fraction of sp³-hybridized carbons (Fsp3) is 0.786. The number of ether oxygens (including phenoxy) is 1. The van der Waals surface area contributed by atoms with Gasteiger partial charge in [0.15, 0.2) is 0 Å². The van der Waals surface area contributed by atoms with E-state index in [-0.39, 0.29) is 11.6 Å². The van der Waals surface area contributed by atoms with Crippen LogP contribution in [-0.4, -0.2) is 21.8 Å². The summed E-state index contributed by atoms with van der Waals surface area (Å²) in [6, 6.07) is 0.0476. The van der Waals surface area contributed by atoms with Crippen LogP contribution in [0.15, 0.2) is 12.4 Å². The lowest BCUT2D eigenvalue weighted by Crippen LogP contribution is -2.41. The van der Waals surface area contributed by atoms with Crippen LogP contribution in [0.5, 0.6) is 0 Å². The summed E-state index contributed by atoms with van der Waals surface area (Å²) in [5.74, 6) is 1.52. The molecular weight excluding hydrogens is 226 g/mol. The molecule has 2 aliphatic rings. The lowest BCUT2D eigenvalue weighted by Gasteiger charge is -2.40. The molecule has 1 aliphatic heterocycles. The molecule has 18 heavy (non-hydrogen) atoms. The van der Waals surface area contributed by atoms with E-state index in [9.17, 15) is 0 Å². The normalized spacial score (nSPS) is 28.7. The third-order valence-corrected chi connectivity index (χ3v) is 4.71.